The highest BCUT2D eigenvalue weighted by molar-refractivity contribution is 7.18. The van der Waals surface area contributed by atoms with E-state index in [4.69, 9.17) is 5.10 Å². The van der Waals surface area contributed by atoms with Crippen LogP contribution in [0.25, 0.3) is 21.3 Å². The SMILES string of the molecule is CC#CCn1cc2c(n1)c(N1C[C@@H](CC)N([C@H](C)c3ccc4nc(C)sc4c3F)C[C@@H]1C)cc(=O)n2C. The lowest BCUT2D eigenvalue weighted by molar-refractivity contribution is 0.104. The highest BCUT2D eigenvalue weighted by Gasteiger charge is 2.36. The molecule has 1 aliphatic heterocycles. The molecular formula is C28H33FN6OS. The number of hydrogen-bond donors (Lipinski definition) is 0. The van der Waals surface area contributed by atoms with Crippen molar-refractivity contribution in [2.75, 3.05) is 18.0 Å². The third kappa shape index (κ3) is 4.42. The van der Waals surface area contributed by atoms with Crippen molar-refractivity contribution in [3.63, 3.8) is 0 Å². The van der Waals surface area contributed by atoms with E-state index in [0.29, 0.717) is 16.8 Å². The molecule has 3 aromatic heterocycles. The zero-order valence-corrected chi connectivity index (χ0v) is 23.1. The summed E-state index contributed by atoms with van der Waals surface area (Å²) < 4.78 is 19.7. The number of halogens is 1. The van der Waals surface area contributed by atoms with Crippen LogP contribution in [0.5, 0.6) is 0 Å². The van der Waals surface area contributed by atoms with Crippen LogP contribution in [0.4, 0.5) is 10.1 Å². The molecule has 1 aliphatic rings. The van der Waals surface area contributed by atoms with Gasteiger partial charge in [0.1, 0.15) is 17.9 Å². The molecule has 0 bridgehead atoms. The van der Waals surface area contributed by atoms with Gasteiger partial charge in [0.25, 0.3) is 5.56 Å². The predicted octanol–water partition coefficient (Wildman–Crippen LogP) is 4.87. The van der Waals surface area contributed by atoms with Crippen LogP contribution in [0.2, 0.25) is 0 Å². The molecule has 194 valence electrons. The third-order valence-corrected chi connectivity index (χ3v) is 8.58. The topological polar surface area (TPSA) is 59.2 Å². The summed E-state index contributed by atoms with van der Waals surface area (Å²) in [5.74, 6) is 5.79. The molecule has 4 aromatic rings. The third-order valence-electron chi connectivity index (χ3n) is 7.60. The van der Waals surface area contributed by atoms with E-state index in [1.807, 2.05) is 25.3 Å². The molecule has 5 rings (SSSR count). The van der Waals surface area contributed by atoms with Crippen LogP contribution in [0, 0.1) is 24.6 Å². The largest absolute Gasteiger partial charge is 0.364 e. The highest BCUT2D eigenvalue weighted by Crippen LogP contribution is 2.36. The number of piperazine rings is 1. The maximum atomic E-state index is 15.6. The Morgan fingerprint density at radius 3 is 2.81 bits per heavy atom. The quantitative estimate of drug-likeness (QED) is 0.352. The lowest BCUT2D eigenvalue weighted by Gasteiger charge is -2.48. The van der Waals surface area contributed by atoms with Gasteiger partial charge in [0, 0.05) is 49.9 Å². The summed E-state index contributed by atoms with van der Waals surface area (Å²) in [6.07, 6.45) is 2.80. The van der Waals surface area contributed by atoms with E-state index in [1.165, 1.54) is 11.3 Å². The zero-order chi connectivity index (χ0) is 26.4. The number of rotatable bonds is 5. The summed E-state index contributed by atoms with van der Waals surface area (Å²) in [4.78, 5) is 22.1. The van der Waals surface area contributed by atoms with Crippen molar-refractivity contribution in [2.24, 2.45) is 7.05 Å². The van der Waals surface area contributed by atoms with Crippen molar-refractivity contribution in [3.05, 3.63) is 51.1 Å². The van der Waals surface area contributed by atoms with Crippen molar-refractivity contribution in [1.82, 2.24) is 24.2 Å². The fraction of sp³-hybridized carbons (Fsp3) is 0.464. The molecule has 0 saturated carbocycles. The maximum Gasteiger partial charge on any atom is 0.252 e. The number of anilines is 1. The Bertz CT molecular complexity index is 1590. The molecule has 37 heavy (non-hydrogen) atoms. The van der Waals surface area contributed by atoms with E-state index in [-0.39, 0.29) is 29.5 Å². The van der Waals surface area contributed by atoms with Gasteiger partial charge in [-0.1, -0.05) is 18.9 Å². The Morgan fingerprint density at radius 2 is 2.08 bits per heavy atom. The van der Waals surface area contributed by atoms with Gasteiger partial charge in [-0.2, -0.15) is 5.10 Å². The molecule has 1 fully saturated rings. The van der Waals surface area contributed by atoms with Crippen molar-refractivity contribution < 1.29 is 4.39 Å². The van der Waals surface area contributed by atoms with Crippen molar-refractivity contribution in [2.45, 2.75) is 65.7 Å². The van der Waals surface area contributed by atoms with E-state index in [0.717, 1.165) is 46.8 Å². The molecule has 9 heteroatoms. The van der Waals surface area contributed by atoms with E-state index in [2.05, 4.69) is 47.4 Å². The van der Waals surface area contributed by atoms with Gasteiger partial charge in [0.15, 0.2) is 0 Å². The van der Waals surface area contributed by atoms with Gasteiger partial charge >= 0.3 is 0 Å². The minimum Gasteiger partial charge on any atom is -0.364 e. The van der Waals surface area contributed by atoms with Crippen LogP contribution in [0.3, 0.4) is 0 Å². The Hall–Kier alpha value is -3.22. The second-order valence-corrected chi connectivity index (χ2v) is 11.1. The smallest absolute Gasteiger partial charge is 0.252 e. The first-order chi connectivity index (χ1) is 17.7. The van der Waals surface area contributed by atoms with Crippen LogP contribution < -0.4 is 10.5 Å². The van der Waals surface area contributed by atoms with Crippen molar-refractivity contribution >= 4 is 38.3 Å². The first kappa shape index (κ1) is 25.4. The van der Waals surface area contributed by atoms with E-state index in [1.54, 1.807) is 29.3 Å². The average molecular weight is 521 g/mol. The van der Waals surface area contributed by atoms with E-state index in [9.17, 15) is 4.79 Å². The number of aromatic nitrogens is 4. The van der Waals surface area contributed by atoms with Crippen LogP contribution in [0.15, 0.2) is 29.2 Å². The Kier molecular flexibility index (Phi) is 6.82. The van der Waals surface area contributed by atoms with Crippen LogP contribution in [-0.2, 0) is 13.6 Å². The van der Waals surface area contributed by atoms with Gasteiger partial charge in [0.05, 0.1) is 32.6 Å². The average Bonchev–Trinajstić information content (AvgIpc) is 3.48. The molecule has 0 N–H and O–H groups in total. The molecule has 1 saturated heterocycles. The molecule has 0 aliphatic carbocycles. The highest BCUT2D eigenvalue weighted by atomic mass is 32.1. The molecule has 1 aromatic carbocycles. The fourth-order valence-electron chi connectivity index (χ4n) is 5.53. The molecule has 0 unspecified atom stereocenters. The van der Waals surface area contributed by atoms with Gasteiger partial charge in [-0.3, -0.25) is 14.4 Å². The monoisotopic (exact) mass is 520 g/mol. The van der Waals surface area contributed by atoms with Crippen LogP contribution in [-0.4, -0.2) is 49.4 Å². The van der Waals surface area contributed by atoms with Gasteiger partial charge in [-0.15, -0.1) is 17.3 Å². The number of hydrogen-bond acceptors (Lipinski definition) is 6. The number of thiazole rings is 1. The van der Waals surface area contributed by atoms with E-state index >= 15 is 4.39 Å². The van der Waals surface area contributed by atoms with Gasteiger partial charge < -0.3 is 9.47 Å². The maximum absolute atomic E-state index is 15.6. The summed E-state index contributed by atoms with van der Waals surface area (Å²) in [5.41, 5.74) is 3.83. The number of nitrogens with zero attached hydrogens (tertiary/aromatic N) is 6. The minimum absolute atomic E-state index is 0.0603. The van der Waals surface area contributed by atoms with Crippen molar-refractivity contribution in [3.8, 4) is 11.8 Å². The first-order valence-corrected chi connectivity index (χ1v) is 13.6. The van der Waals surface area contributed by atoms with Crippen molar-refractivity contribution in [1.29, 1.82) is 0 Å². The molecular weight excluding hydrogens is 487 g/mol. The van der Waals surface area contributed by atoms with Gasteiger partial charge in [-0.05, 0) is 40.2 Å². The summed E-state index contributed by atoms with van der Waals surface area (Å²) in [6, 6.07) is 5.74. The molecule has 0 amide bonds. The lowest BCUT2D eigenvalue weighted by Crippen LogP contribution is -2.58. The predicted molar refractivity (Wildman–Crippen MR) is 149 cm³/mol. The Labute approximate surface area is 220 Å². The molecule has 0 spiro atoms. The standard InChI is InChI=1S/C28H33FN6OS/c1-7-9-12-33-16-24-27(31-33)23(13-25(36)32(24)6)34-15-20(8-2)35(14-17(34)3)18(4)21-10-11-22-28(26(21)29)37-19(5)30-22/h10-11,13,16-18,20H,8,12,14-15H2,1-6H3/t17-,18+,20+/m0/s1. The second-order valence-electron chi connectivity index (χ2n) is 9.90. The summed E-state index contributed by atoms with van der Waals surface area (Å²) in [7, 11) is 1.78. The Morgan fingerprint density at radius 1 is 1.30 bits per heavy atom. The fourth-order valence-corrected chi connectivity index (χ4v) is 6.39. The summed E-state index contributed by atoms with van der Waals surface area (Å²) >= 11 is 1.41. The lowest BCUT2D eigenvalue weighted by atomic mass is 9.97. The number of fused-ring (bicyclic) bond motifs is 2. The molecule has 4 heterocycles. The number of aryl methyl sites for hydroxylation is 2. The summed E-state index contributed by atoms with van der Waals surface area (Å²) in [5, 5.41) is 5.67. The molecule has 7 nitrogen and oxygen atoms in total. The number of benzene rings is 1. The normalized spacial score (nSPS) is 19.4. The van der Waals surface area contributed by atoms with Gasteiger partial charge in [-0.25, -0.2) is 9.37 Å². The first-order valence-electron chi connectivity index (χ1n) is 12.8. The van der Waals surface area contributed by atoms with Crippen LogP contribution in [0.1, 0.15) is 50.7 Å². The minimum atomic E-state index is -0.158. The number of pyridine rings is 1. The zero-order valence-electron chi connectivity index (χ0n) is 22.2. The second kappa shape index (κ2) is 9.92. The molecule has 3 atom stereocenters. The van der Waals surface area contributed by atoms with E-state index < -0.39 is 0 Å². The van der Waals surface area contributed by atoms with Gasteiger partial charge in [0.2, 0.25) is 0 Å². The summed E-state index contributed by atoms with van der Waals surface area (Å²) in [6.45, 7) is 12.1. The van der Waals surface area contributed by atoms with Crippen LogP contribution >= 0.6 is 11.3 Å². The molecule has 0 radical (unpaired) electrons. The Balaban J connectivity index is 1.49.